The molecule has 0 N–H and O–H groups in total. The van der Waals surface area contributed by atoms with Crippen molar-refractivity contribution in [1.29, 1.82) is 0 Å². The van der Waals surface area contributed by atoms with Gasteiger partial charge in [0.25, 0.3) is 0 Å². The molecule has 1 aliphatic heterocycles. The number of hydrogen-bond donors (Lipinski definition) is 0. The van der Waals surface area contributed by atoms with Gasteiger partial charge in [-0.1, -0.05) is 18.2 Å². The average Bonchev–Trinajstić information content (AvgIpc) is 2.73. The molecule has 2 fully saturated rings. The van der Waals surface area contributed by atoms with Gasteiger partial charge in [0, 0.05) is 24.5 Å². The third-order valence-electron chi connectivity index (χ3n) is 6.31. The van der Waals surface area contributed by atoms with Gasteiger partial charge in [-0.05, 0) is 68.9 Å². The number of aryl methyl sites for hydroxylation is 1. The fourth-order valence-electron chi connectivity index (χ4n) is 4.49. The summed E-state index contributed by atoms with van der Waals surface area (Å²) in [7, 11) is 1.59. The van der Waals surface area contributed by atoms with Gasteiger partial charge in [-0.3, -0.25) is 0 Å². The molecule has 1 aromatic rings. The molecule has 28 heavy (non-hydrogen) atoms. The lowest BCUT2D eigenvalue weighted by Gasteiger charge is -2.37. The first-order valence-electron chi connectivity index (χ1n) is 10.8. The van der Waals surface area contributed by atoms with Gasteiger partial charge in [-0.2, -0.15) is 0 Å². The molecular formula is C24H35FO3. The van der Waals surface area contributed by atoms with Crippen molar-refractivity contribution >= 4 is 0 Å². The van der Waals surface area contributed by atoms with E-state index in [2.05, 4.69) is 6.58 Å². The summed E-state index contributed by atoms with van der Waals surface area (Å²) in [6, 6.07) is 5.56. The Bertz CT molecular complexity index is 602. The first-order chi connectivity index (χ1) is 13.7. The smallest absolute Gasteiger partial charge is 0.160 e. The highest BCUT2D eigenvalue weighted by Crippen LogP contribution is 2.36. The molecule has 0 unspecified atom stereocenters. The van der Waals surface area contributed by atoms with Crippen LogP contribution >= 0.6 is 0 Å². The Labute approximate surface area is 169 Å². The highest BCUT2D eigenvalue weighted by Gasteiger charge is 2.32. The second kappa shape index (κ2) is 11.1. The summed E-state index contributed by atoms with van der Waals surface area (Å²) in [5.74, 6) is 1.62. The predicted molar refractivity (Wildman–Crippen MR) is 109 cm³/mol. The molecule has 1 saturated heterocycles. The molecule has 1 heterocycles. The number of allylic oxidation sites excluding steroid dienone is 1. The monoisotopic (exact) mass is 390 g/mol. The molecule has 0 spiro atoms. The molecule has 3 rings (SSSR count). The fourth-order valence-corrected chi connectivity index (χ4v) is 4.49. The lowest BCUT2D eigenvalue weighted by atomic mass is 9.79. The van der Waals surface area contributed by atoms with Crippen molar-refractivity contribution in [2.24, 2.45) is 17.8 Å². The van der Waals surface area contributed by atoms with Crippen LogP contribution in [-0.4, -0.2) is 26.6 Å². The fraction of sp³-hybridized carbons (Fsp3) is 0.667. The van der Waals surface area contributed by atoms with E-state index < -0.39 is 0 Å². The van der Waals surface area contributed by atoms with Gasteiger partial charge in [-0.15, -0.1) is 6.58 Å². The molecule has 1 saturated carbocycles. The lowest BCUT2D eigenvalue weighted by Crippen LogP contribution is -2.38. The van der Waals surface area contributed by atoms with E-state index in [1.54, 1.807) is 13.2 Å². The van der Waals surface area contributed by atoms with E-state index in [1.807, 2.05) is 18.2 Å². The minimum Gasteiger partial charge on any atom is -0.380 e. The zero-order valence-electron chi connectivity index (χ0n) is 17.2. The second-order valence-electron chi connectivity index (χ2n) is 8.45. The van der Waals surface area contributed by atoms with Crippen molar-refractivity contribution in [2.45, 2.75) is 64.3 Å². The predicted octanol–water partition coefficient (Wildman–Crippen LogP) is 5.67. The zero-order valence-corrected chi connectivity index (χ0v) is 17.2. The first-order valence-corrected chi connectivity index (χ1v) is 10.8. The molecule has 0 atom stereocenters. The summed E-state index contributed by atoms with van der Waals surface area (Å²) in [5.41, 5.74) is 1.72. The van der Waals surface area contributed by atoms with Crippen LogP contribution in [0.2, 0.25) is 0 Å². The van der Waals surface area contributed by atoms with Crippen LogP contribution in [0.3, 0.4) is 0 Å². The summed E-state index contributed by atoms with van der Waals surface area (Å²) >= 11 is 0. The Hall–Kier alpha value is -1.23. The number of benzene rings is 1. The average molecular weight is 391 g/mol. The van der Waals surface area contributed by atoms with E-state index in [0.717, 1.165) is 50.4 Å². The Morgan fingerprint density at radius 1 is 1.11 bits per heavy atom. The van der Waals surface area contributed by atoms with Gasteiger partial charge in [0.15, 0.2) is 6.29 Å². The minimum atomic E-state index is -0.152. The molecule has 2 aliphatic rings. The standard InChI is InChI=1S/C24H35FO3/c1-3-4-5-20-15-27-24(28-16-20)21-11-8-18(9-12-21)6-7-19-10-13-22(17-26-2)23(25)14-19/h3,10,13-14,18,20-21,24H,1,4-9,11-12,15-17H2,2H3/t18?,20-,21?,24-. The summed E-state index contributed by atoms with van der Waals surface area (Å²) in [4.78, 5) is 0. The van der Waals surface area contributed by atoms with Crippen LogP contribution in [0.15, 0.2) is 30.9 Å². The Kier molecular flexibility index (Phi) is 8.50. The van der Waals surface area contributed by atoms with E-state index in [0.29, 0.717) is 24.0 Å². The van der Waals surface area contributed by atoms with Crippen molar-refractivity contribution in [2.75, 3.05) is 20.3 Å². The quantitative estimate of drug-likeness (QED) is 0.509. The van der Waals surface area contributed by atoms with Gasteiger partial charge in [0.1, 0.15) is 5.82 Å². The number of ether oxygens (including phenoxy) is 3. The number of hydrogen-bond acceptors (Lipinski definition) is 3. The van der Waals surface area contributed by atoms with Gasteiger partial charge in [0.05, 0.1) is 19.8 Å². The van der Waals surface area contributed by atoms with Crippen LogP contribution in [0.4, 0.5) is 4.39 Å². The Morgan fingerprint density at radius 3 is 2.50 bits per heavy atom. The maximum atomic E-state index is 14.0. The number of halogens is 1. The molecule has 1 aliphatic carbocycles. The molecule has 156 valence electrons. The summed E-state index contributed by atoms with van der Waals surface area (Å²) in [5, 5.41) is 0. The third kappa shape index (κ3) is 6.13. The summed E-state index contributed by atoms with van der Waals surface area (Å²) in [6.07, 6.45) is 11.0. The highest BCUT2D eigenvalue weighted by molar-refractivity contribution is 5.24. The molecule has 0 amide bonds. The molecule has 1 aromatic carbocycles. The zero-order chi connectivity index (χ0) is 19.8. The van der Waals surface area contributed by atoms with Crippen LogP contribution < -0.4 is 0 Å². The molecule has 0 aromatic heterocycles. The van der Waals surface area contributed by atoms with Gasteiger partial charge < -0.3 is 14.2 Å². The van der Waals surface area contributed by atoms with E-state index in [1.165, 1.54) is 25.7 Å². The number of methoxy groups -OCH3 is 1. The van der Waals surface area contributed by atoms with Gasteiger partial charge in [-0.25, -0.2) is 4.39 Å². The number of rotatable bonds is 9. The van der Waals surface area contributed by atoms with Crippen molar-refractivity contribution in [3.8, 4) is 0 Å². The van der Waals surface area contributed by atoms with E-state index in [-0.39, 0.29) is 12.1 Å². The van der Waals surface area contributed by atoms with Crippen molar-refractivity contribution in [3.63, 3.8) is 0 Å². The highest BCUT2D eigenvalue weighted by atomic mass is 19.1. The summed E-state index contributed by atoms with van der Waals surface area (Å²) in [6.45, 7) is 5.76. The molecule has 0 radical (unpaired) electrons. The van der Waals surface area contributed by atoms with Crippen LogP contribution in [0, 0.1) is 23.6 Å². The SMILES string of the molecule is C=CCC[C@H]1CO[C@H](C2CCC(CCc3ccc(COC)c(F)c3)CC2)OC1. The molecule has 4 heteroatoms. The Balaban J connectivity index is 1.37. The largest absolute Gasteiger partial charge is 0.380 e. The van der Waals surface area contributed by atoms with Gasteiger partial charge in [0.2, 0.25) is 0 Å². The third-order valence-corrected chi connectivity index (χ3v) is 6.31. The normalized spacial score (nSPS) is 28.2. The topological polar surface area (TPSA) is 27.7 Å². The van der Waals surface area contributed by atoms with Crippen molar-refractivity contribution in [1.82, 2.24) is 0 Å². The van der Waals surface area contributed by atoms with Crippen LogP contribution in [0.25, 0.3) is 0 Å². The maximum Gasteiger partial charge on any atom is 0.160 e. The molecule has 0 bridgehead atoms. The van der Waals surface area contributed by atoms with E-state index in [4.69, 9.17) is 14.2 Å². The molecule has 3 nitrogen and oxygen atoms in total. The minimum absolute atomic E-state index is 0.0108. The second-order valence-corrected chi connectivity index (χ2v) is 8.45. The van der Waals surface area contributed by atoms with Gasteiger partial charge >= 0.3 is 0 Å². The molecular weight excluding hydrogens is 355 g/mol. The Morgan fingerprint density at radius 2 is 1.86 bits per heavy atom. The van der Waals surface area contributed by atoms with Crippen LogP contribution in [0.5, 0.6) is 0 Å². The van der Waals surface area contributed by atoms with Crippen molar-refractivity contribution in [3.05, 3.63) is 47.8 Å². The van der Waals surface area contributed by atoms with E-state index >= 15 is 0 Å². The lowest BCUT2D eigenvalue weighted by molar-refractivity contribution is -0.229. The van der Waals surface area contributed by atoms with E-state index in [9.17, 15) is 4.39 Å². The van der Waals surface area contributed by atoms with Crippen LogP contribution in [0.1, 0.15) is 56.1 Å². The van der Waals surface area contributed by atoms with Crippen molar-refractivity contribution < 1.29 is 18.6 Å². The van der Waals surface area contributed by atoms with Crippen LogP contribution in [-0.2, 0) is 27.2 Å². The maximum absolute atomic E-state index is 14.0. The first kappa shape index (κ1) is 21.5. The summed E-state index contributed by atoms with van der Waals surface area (Å²) < 4.78 is 31.1.